The third-order valence-corrected chi connectivity index (χ3v) is 6.71. The maximum absolute atomic E-state index is 11.8. The van der Waals surface area contributed by atoms with Gasteiger partial charge < -0.3 is 0 Å². The Bertz CT molecular complexity index is 912. The summed E-state index contributed by atoms with van der Waals surface area (Å²) in [6, 6.07) is 16.6. The quantitative estimate of drug-likeness (QED) is 0.633. The van der Waals surface area contributed by atoms with E-state index in [1.54, 1.807) is 24.3 Å². The molecule has 0 N–H and O–H groups in total. The zero-order valence-electron chi connectivity index (χ0n) is 16.1. The Hall–Kier alpha value is -1.40. The Morgan fingerprint density at radius 2 is 1.61 bits per heavy atom. The predicted molar refractivity (Wildman–Crippen MR) is 112 cm³/mol. The molecular formula is C22H26ClNO3S. The second kappa shape index (κ2) is 8.15. The van der Waals surface area contributed by atoms with Crippen molar-refractivity contribution in [3.05, 3.63) is 70.2 Å². The molecule has 0 bridgehead atoms. The van der Waals surface area contributed by atoms with Gasteiger partial charge in [-0.25, -0.2) is 0 Å². The van der Waals surface area contributed by atoms with Crippen LogP contribution in [0.15, 0.2) is 48.5 Å². The number of fused-ring (bicyclic) bond motifs is 1. The molecule has 0 amide bonds. The molecular weight excluding hydrogens is 394 g/mol. The second-order valence-electron chi connectivity index (χ2n) is 7.88. The Kier molecular flexibility index (Phi) is 5.79. The van der Waals surface area contributed by atoms with E-state index in [1.165, 1.54) is 44.2 Å². The molecule has 28 heavy (non-hydrogen) atoms. The van der Waals surface area contributed by atoms with E-state index in [0.29, 0.717) is 11.1 Å². The molecule has 2 aliphatic rings. The lowest BCUT2D eigenvalue weighted by Crippen LogP contribution is -2.35. The third kappa shape index (κ3) is 4.43. The average Bonchev–Trinajstić information content (AvgIpc) is 3.11. The fraction of sp³-hybridized carbons (Fsp3) is 0.455. The van der Waals surface area contributed by atoms with Gasteiger partial charge in [-0.3, -0.25) is 9.08 Å². The zero-order chi connectivity index (χ0) is 19.7. The molecule has 2 aromatic carbocycles. The van der Waals surface area contributed by atoms with Gasteiger partial charge in [0.05, 0.1) is 6.26 Å². The van der Waals surface area contributed by atoms with Crippen LogP contribution < -0.4 is 0 Å². The lowest BCUT2D eigenvalue weighted by Gasteiger charge is -2.34. The smallest absolute Gasteiger partial charge is 0.265 e. The van der Waals surface area contributed by atoms with E-state index in [0.717, 1.165) is 23.4 Å². The first-order chi connectivity index (χ1) is 13.4. The molecule has 2 aliphatic heterocycles. The van der Waals surface area contributed by atoms with E-state index in [1.807, 2.05) is 12.1 Å². The topological polar surface area (TPSA) is 46.6 Å². The molecule has 150 valence electrons. The van der Waals surface area contributed by atoms with Crippen molar-refractivity contribution < 1.29 is 12.6 Å². The minimum absolute atomic E-state index is 0.476. The van der Waals surface area contributed by atoms with Gasteiger partial charge in [-0.2, -0.15) is 8.42 Å². The summed E-state index contributed by atoms with van der Waals surface area (Å²) in [7, 11) is -3.61. The molecule has 2 saturated heterocycles. The van der Waals surface area contributed by atoms with Gasteiger partial charge in [0.25, 0.3) is 10.1 Å². The Balaban J connectivity index is 1.60. The van der Waals surface area contributed by atoms with Gasteiger partial charge in [-0.15, -0.1) is 0 Å². The van der Waals surface area contributed by atoms with Crippen molar-refractivity contribution in [2.75, 3.05) is 12.8 Å². The van der Waals surface area contributed by atoms with Crippen LogP contribution in [0.1, 0.15) is 60.9 Å². The van der Waals surface area contributed by atoms with Gasteiger partial charge in [-0.1, -0.05) is 54.4 Å². The summed E-state index contributed by atoms with van der Waals surface area (Å²) >= 11 is 5.98. The molecule has 2 aromatic rings. The summed E-state index contributed by atoms with van der Waals surface area (Å²) in [6.45, 7) is 1.18. The number of nitrogens with zero attached hydrogens (tertiary/aromatic N) is 1. The van der Waals surface area contributed by atoms with Crippen LogP contribution in [0.4, 0.5) is 0 Å². The average molecular weight is 420 g/mol. The second-order valence-corrected chi connectivity index (χ2v) is 9.92. The molecule has 4 rings (SSSR count). The minimum Gasteiger partial charge on any atom is -0.293 e. The first-order valence-electron chi connectivity index (χ1n) is 9.90. The summed E-state index contributed by atoms with van der Waals surface area (Å²) in [5.74, 6) is 0. The van der Waals surface area contributed by atoms with Gasteiger partial charge in [0.2, 0.25) is 0 Å². The van der Waals surface area contributed by atoms with Crippen LogP contribution in [0.2, 0.25) is 5.02 Å². The number of hydrogen-bond donors (Lipinski definition) is 0. The first kappa shape index (κ1) is 19.9. The van der Waals surface area contributed by atoms with Crippen LogP contribution in [-0.2, 0) is 14.3 Å². The number of rotatable bonds is 5. The number of benzene rings is 2. The third-order valence-electron chi connectivity index (χ3n) is 5.91. The van der Waals surface area contributed by atoms with Gasteiger partial charge in [0.15, 0.2) is 0 Å². The molecule has 6 heteroatoms. The molecule has 0 radical (unpaired) electrons. The first-order valence-corrected chi connectivity index (χ1v) is 12.1. The number of hydrogen-bond acceptors (Lipinski definition) is 4. The van der Waals surface area contributed by atoms with Gasteiger partial charge in [0, 0.05) is 17.1 Å². The zero-order valence-corrected chi connectivity index (χ0v) is 17.6. The SMILES string of the molecule is CS(=O)(=O)OC(c1ccc(Cl)cc1)c1ccc([C@H]2CC[C@H]3CCCCN32)cc1. The maximum atomic E-state index is 11.8. The molecule has 0 aromatic heterocycles. The summed E-state index contributed by atoms with van der Waals surface area (Å²) in [5.41, 5.74) is 2.89. The lowest BCUT2D eigenvalue weighted by molar-refractivity contribution is 0.150. The predicted octanol–water partition coefficient (Wildman–Crippen LogP) is 5.10. The molecule has 0 aliphatic carbocycles. The van der Waals surface area contributed by atoms with Crippen LogP contribution >= 0.6 is 11.6 Å². The van der Waals surface area contributed by atoms with Crippen molar-refractivity contribution in [3.8, 4) is 0 Å². The minimum atomic E-state index is -3.61. The highest BCUT2D eigenvalue weighted by Crippen LogP contribution is 2.40. The summed E-state index contributed by atoms with van der Waals surface area (Å²) in [5, 5.41) is 0.606. The van der Waals surface area contributed by atoms with Crippen LogP contribution in [0, 0.1) is 0 Å². The molecule has 2 heterocycles. The lowest BCUT2D eigenvalue weighted by atomic mass is 9.97. The van der Waals surface area contributed by atoms with Crippen molar-refractivity contribution >= 4 is 21.7 Å². The largest absolute Gasteiger partial charge is 0.293 e. The fourth-order valence-electron chi connectivity index (χ4n) is 4.63. The van der Waals surface area contributed by atoms with Gasteiger partial charge in [0.1, 0.15) is 6.10 Å². The van der Waals surface area contributed by atoms with Crippen LogP contribution in [0.25, 0.3) is 0 Å². The highest BCUT2D eigenvalue weighted by Gasteiger charge is 2.35. The normalized spacial score (nSPS) is 24.1. The van der Waals surface area contributed by atoms with Gasteiger partial charge >= 0.3 is 0 Å². The number of piperidine rings is 1. The van der Waals surface area contributed by atoms with Crippen molar-refractivity contribution in [3.63, 3.8) is 0 Å². The summed E-state index contributed by atoms with van der Waals surface area (Å²) < 4.78 is 29.1. The Morgan fingerprint density at radius 1 is 0.964 bits per heavy atom. The van der Waals surface area contributed by atoms with Crippen molar-refractivity contribution in [2.24, 2.45) is 0 Å². The highest BCUT2D eigenvalue weighted by molar-refractivity contribution is 7.86. The van der Waals surface area contributed by atoms with E-state index in [4.69, 9.17) is 15.8 Å². The Morgan fingerprint density at radius 3 is 2.25 bits per heavy atom. The monoisotopic (exact) mass is 419 g/mol. The summed E-state index contributed by atoms with van der Waals surface area (Å²) in [4.78, 5) is 2.65. The summed E-state index contributed by atoms with van der Waals surface area (Å²) in [6.07, 6.45) is 6.83. The van der Waals surface area contributed by atoms with Crippen LogP contribution in [0.5, 0.6) is 0 Å². The van der Waals surface area contributed by atoms with E-state index >= 15 is 0 Å². The van der Waals surface area contributed by atoms with E-state index in [9.17, 15) is 8.42 Å². The fourth-order valence-corrected chi connectivity index (χ4v) is 5.32. The van der Waals surface area contributed by atoms with Crippen molar-refractivity contribution in [1.82, 2.24) is 4.90 Å². The molecule has 4 nitrogen and oxygen atoms in total. The highest BCUT2D eigenvalue weighted by atomic mass is 35.5. The van der Waals surface area contributed by atoms with Gasteiger partial charge in [-0.05, 0) is 61.1 Å². The number of halogens is 1. The molecule has 1 unspecified atom stereocenters. The Labute approximate surface area is 172 Å². The molecule has 0 spiro atoms. The van der Waals surface area contributed by atoms with Crippen molar-refractivity contribution in [2.45, 2.75) is 50.3 Å². The molecule has 0 saturated carbocycles. The van der Waals surface area contributed by atoms with Crippen LogP contribution in [-0.4, -0.2) is 32.2 Å². The maximum Gasteiger partial charge on any atom is 0.265 e. The standard InChI is InChI=1S/C22H26ClNO3S/c1-28(25,26)27-22(18-9-11-19(23)12-10-18)17-7-5-16(6-8-17)21-14-13-20-4-2-3-15-24(20)21/h5-12,20-22H,2-4,13-15H2,1H3/t20-,21-,22?/m1/s1. The van der Waals surface area contributed by atoms with E-state index < -0.39 is 16.2 Å². The molecule has 3 atom stereocenters. The van der Waals surface area contributed by atoms with Crippen LogP contribution in [0.3, 0.4) is 0 Å². The van der Waals surface area contributed by atoms with E-state index in [-0.39, 0.29) is 0 Å². The van der Waals surface area contributed by atoms with E-state index in [2.05, 4.69) is 17.0 Å². The van der Waals surface area contributed by atoms with Crippen molar-refractivity contribution in [1.29, 1.82) is 0 Å². The molecule has 2 fully saturated rings.